The van der Waals surface area contributed by atoms with E-state index in [1.54, 1.807) is 0 Å². The van der Waals surface area contributed by atoms with E-state index in [4.69, 9.17) is 5.73 Å². The summed E-state index contributed by atoms with van der Waals surface area (Å²) in [5, 5.41) is 3.28. The highest BCUT2D eigenvalue weighted by Gasteiger charge is 2.28. The molecule has 64 valence electrons. The molecule has 0 bridgehead atoms. The number of carbonyl (C=O) groups is 1. The van der Waals surface area contributed by atoms with Gasteiger partial charge >= 0.3 is 0 Å². The molecule has 1 fully saturated rings. The van der Waals surface area contributed by atoms with Gasteiger partial charge in [0.1, 0.15) is 0 Å². The fourth-order valence-corrected chi connectivity index (χ4v) is 0.774. The van der Waals surface area contributed by atoms with Gasteiger partial charge < -0.3 is 11.1 Å². The first-order chi connectivity index (χ1) is 5.02. The molecule has 3 nitrogen and oxygen atoms in total. The number of rotatable bonds is 4. The number of nitrogens with one attached hydrogen (secondary N) is 1. The molecule has 0 spiro atoms. The van der Waals surface area contributed by atoms with Gasteiger partial charge in [0, 0.05) is 12.6 Å². The average molecular weight is 156 g/mol. The van der Waals surface area contributed by atoms with Crippen molar-refractivity contribution in [1.82, 2.24) is 5.32 Å². The Morgan fingerprint density at radius 1 is 1.64 bits per heavy atom. The van der Waals surface area contributed by atoms with Gasteiger partial charge in [-0.15, -0.1) is 0 Å². The molecule has 1 aliphatic carbocycles. The van der Waals surface area contributed by atoms with Crippen molar-refractivity contribution in [1.29, 1.82) is 0 Å². The molecule has 1 saturated carbocycles. The van der Waals surface area contributed by atoms with Crippen molar-refractivity contribution in [2.45, 2.75) is 32.7 Å². The summed E-state index contributed by atoms with van der Waals surface area (Å²) in [4.78, 5) is 10.8. The van der Waals surface area contributed by atoms with Crippen molar-refractivity contribution in [3.8, 4) is 0 Å². The van der Waals surface area contributed by atoms with Crippen molar-refractivity contribution in [2.75, 3.05) is 6.54 Å². The van der Waals surface area contributed by atoms with Crippen LogP contribution in [0.25, 0.3) is 0 Å². The molecule has 0 aliphatic heterocycles. The molecule has 0 saturated heterocycles. The van der Waals surface area contributed by atoms with E-state index in [-0.39, 0.29) is 5.91 Å². The average Bonchev–Trinajstić information content (AvgIpc) is 2.65. The second-order valence-electron chi connectivity index (χ2n) is 3.90. The SMILES string of the molecule is CC(C)(CNC1CC1)C(N)=O. The molecular formula is C8H16N2O. The lowest BCUT2D eigenvalue weighted by molar-refractivity contribution is -0.125. The molecule has 0 heterocycles. The Bertz CT molecular complexity index is 161. The van der Waals surface area contributed by atoms with Gasteiger partial charge in [0.25, 0.3) is 0 Å². The number of primary amides is 1. The van der Waals surface area contributed by atoms with Crippen molar-refractivity contribution < 1.29 is 4.79 Å². The van der Waals surface area contributed by atoms with Crippen LogP contribution >= 0.6 is 0 Å². The van der Waals surface area contributed by atoms with Crippen LogP contribution in [0, 0.1) is 5.41 Å². The second-order valence-corrected chi connectivity index (χ2v) is 3.90. The molecule has 3 heteroatoms. The summed E-state index contributed by atoms with van der Waals surface area (Å²) in [5.41, 5.74) is 4.80. The monoisotopic (exact) mass is 156 g/mol. The Morgan fingerprint density at radius 2 is 2.18 bits per heavy atom. The quantitative estimate of drug-likeness (QED) is 0.613. The standard InChI is InChI=1S/C8H16N2O/c1-8(2,7(9)11)5-10-6-3-4-6/h6,10H,3-5H2,1-2H3,(H2,9,11). The first-order valence-electron chi connectivity index (χ1n) is 4.06. The van der Waals surface area contributed by atoms with Crippen LogP contribution in [-0.2, 0) is 4.79 Å². The van der Waals surface area contributed by atoms with Gasteiger partial charge in [-0.25, -0.2) is 0 Å². The lowest BCUT2D eigenvalue weighted by atomic mass is 9.93. The summed E-state index contributed by atoms with van der Waals surface area (Å²) in [6.45, 7) is 4.43. The summed E-state index contributed by atoms with van der Waals surface area (Å²) < 4.78 is 0. The molecule has 0 atom stereocenters. The Kier molecular flexibility index (Phi) is 2.18. The molecule has 0 aromatic rings. The number of hydrogen-bond acceptors (Lipinski definition) is 2. The highest BCUT2D eigenvalue weighted by Crippen LogP contribution is 2.21. The van der Waals surface area contributed by atoms with Crippen LogP contribution in [0.1, 0.15) is 26.7 Å². The second kappa shape index (κ2) is 2.81. The topological polar surface area (TPSA) is 55.1 Å². The fraction of sp³-hybridized carbons (Fsp3) is 0.875. The van der Waals surface area contributed by atoms with Crippen LogP contribution in [0.3, 0.4) is 0 Å². The maximum absolute atomic E-state index is 10.8. The predicted octanol–water partition coefficient (Wildman–Crippen LogP) is 0.250. The smallest absolute Gasteiger partial charge is 0.224 e. The molecule has 3 N–H and O–H groups in total. The lowest BCUT2D eigenvalue weighted by Gasteiger charge is -2.20. The zero-order valence-electron chi connectivity index (χ0n) is 7.18. The molecule has 1 aliphatic rings. The number of carbonyl (C=O) groups excluding carboxylic acids is 1. The minimum absolute atomic E-state index is 0.231. The molecule has 0 unspecified atom stereocenters. The Labute approximate surface area is 67.3 Å². The molecule has 0 aromatic heterocycles. The summed E-state index contributed by atoms with van der Waals surface area (Å²) in [6.07, 6.45) is 2.49. The van der Waals surface area contributed by atoms with Crippen LogP contribution in [0.5, 0.6) is 0 Å². The predicted molar refractivity (Wildman–Crippen MR) is 44.0 cm³/mol. The number of nitrogens with two attached hydrogens (primary N) is 1. The zero-order chi connectivity index (χ0) is 8.48. The number of hydrogen-bond donors (Lipinski definition) is 2. The van der Waals surface area contributed by atoms with Gasteiger partial charge in [0.05, 0.1) is 5.41 Å². The van der Waals surface area contributed by atoms with Crippen molar-refractivity contribution in [3.05, 3.63) is 0 Å². The van der Waals surface area contributed by atoms with Gasteiger partial charge in [-0.05, 0) is 26.7 Å². The van der Waals surface area contributed by atoms with Gasteiger partial charge in [-0.3, -0.25) is 4.79 Å². The Hall–Kier alpha value is -0.570. The van der Waals surface area contributed by atoms with Crippen LogP contribution in [-0.4, -0.2) is 18.5 Å². The van der Waals surface area contributed by atoms with Gasteiger partial charge in [0.15, 0.2) is 0 Å². The Morgan fingerprint density at radius 3 is 2.55 bits per heavy atom. The van der Waals surface area contributed by atoms with E-state index in [2.05, 4.69) is 5.32 Å². The van der Waals surface area contributed by atoms with E-state index in [9.17, 15) is 4.79 Å². The van der Waals surface area contributed by atoms with E-state index in [0.717, 1.165) is 0 Å². The minimum Gasteiger partial charge on any atom is -0.369 e. The van der Waals surface area contributed by atoms with Crippen molar-refractivity contribution in [3.63, 3.8) is 0 Å². The molecule has 0 radical (unpaired) electrons. The van der Waals surface area contributed by atoms with E-state index < -0.39 is 5.41 Å². The third-order valence-electron chi connectivity index (χ3n) is 2.08. The molecule has 1 rings (SSSR count). The van der Waals surface area contributed by atoms with E-state index in [1.807, 2.05) is 13.8 Å². The largest absolute Gasteiger partial charge is 0.369 e. The van der Waals surface area contributed by atoms with Gasteiger partial charge in [-0.1, -0.05) is 0 Å². The maximum atomic E-state index is 10.8. The third-order valence-corrected chi connectivity index (χ3v) is 2.08. The van der Waals surface area contributed by atoms with Crippen molar-refractivity contribution >= 4 is 5.91 Å². The van der Waals surface area contributed by atoms with Crippen LogP contribution < -0.4 is 11.1 Å². The minimum atomic E-state index is -0.400. The Balaban J connectivity index is 2.26. The summed E-state index contributed by atoms with van der Waals surface area (Å²) in [7, 11) is 0. The third kappa shape index (κ3) is 2.50. The highest BCUT2D eigenvalue weighted by molar-refractivity contribution is 5.80. The molecule has 0 aromatic carbocycles. The molecular weight excluding hydrogens is 140 g/mol. The molecule has 1 amide bonds. The number of amides is 1. The van der Waals surface area contributed by atoms with Crippen molar-refractivity contribution in [2.24, 2.45) is 11.1 Å². The van der Waals surface area contributed by atoms with E-state index in [1.165, 1.54) is 12.8 Å². The van der Waals surface area contributed by atoms with Gasteiger partial charge in [0.2, 0.25) is 5.91 Å². The van der Waals surface area contributed by atoms with Gasteiger partial charge in [-0.2, -0.15) is 0 Å². The first kappa shape index (κ1) is 8.53. The van der Waals surface area contributed by atoms with E-state index in [0.29, 0.717) is 12.6 Å². The fourth-order valence-electron chi connectivity index (χ4n) is 0.774. The highest BCUT2D eigenvalue weighted by atomic mass is 16.1. The normalized spacial score (nSPS) is 18.4. The van der Waals surface area contributed by atoms with Crippen LogP contribution in [0.2, 0.25) is 0 Å². The zero-order valence-corrected chi connectivity index (χ0v) is 7.18. The summed E-state index contributed by atoms with van der Waals surface area (Å²) in [6, 6.07) is 0.647. The summed E-state index contributed by atoms with van der Waals surface area (Å²) >= 11 is 0. The van der Waals surface area contributed by atoms with Crippen LogP contribution in [0.15, 0.2) is 0 Å². The summed E-state index contributed by atoms with van der Waals surface area (Å²) in [5.74, 6) is -0.231. The lowest BCUT2D eigenvalue weighted by Crippen LogP contribution is -2.41. The maximum Gasteiger partial charge on any atom is 0.224 e. The van der Waals surface area contributed by atoms with Crippen LogP contribution in [0.4, 0.5) is 0 Å². The van der Waals surface area contributed by atoms with E-state index >= 15 is 0 Å². The first-order valence-corrected chi connectivity index (χ1v) is 4.06. The molecule has 11 heavy (non-hydrogen) atoms.